The Balaban J connectivity index is 2.25. The molecule has 2 aromatic rings. The molecule has 0 bridgehead atoms. The third-order valence-corrected chi connectivity index (χ3v) is 5.85. The number of carbonyl (C=O) groups excluding carboxylic acids is 2. The number of nitrogens with one attached hydrogen (secondary N) is 1. The third kappa shape index (κ3) is 5.91. The van der Waals surface area contributed by atoms with Gasteiger partial charge in [0, 0.05) is 24.3 Å². The van der Waals surface area contributed by atoms with Crippen molar-refractivity contribution in [2.45, 2.75) is 26.0 Å². The molecule has 0 saturated carbocycles. The van der Waals surface area contributed by atoms with Gasteiger partial charge in [0.1, 0.15) is 9.57 Å². The van der Waals surface area contributed by atoms with Crippen LogP contribution in [-0.4, -0.2) is 34.0 Å². The Kier molecular flexibility index (Phi) is 8.00. The van der Waals surface area contributed by atoms with Gasteiger partial charge in [-0.15, -0.1) is 0 Å². The summed E-state index contributed by atoms with van der Waals surface area (Å²) < 4.78 is 0.696. The van der Waals surface area contributed by atoms with E-state index in [1.165, 1.54) is 18.7 Å². The number of thiocarbonyl (C=S) groups is 1. The molecule has 142 valence electrons. The van der Waals surface area contributed by atoms with E-state index in [9.17, 15) is 9.59 Å². The number of anilines is 1. The quantitative estimate of drug-likeness (QED) is 0.528. The molecular weight excluding hydrogens is 376 g/mol. The number of benzene rings is 2. The van der Waals surface area contributed by atoms with Gasteiger partial charge in [-0.1, -0.05) is 66.4 Å². The van der Waals surface area contributed by atoms with Crippen LogP contribution in [0.2, 0.25) is 0 Å². The molecule has 0 unspecified atom stereocenters. The molecule has 0 aliphatic heterocycles. The number of ketones is 1. The van der Waals surface area contributed by atoms with Gasteiger partial charge in [0.25, 0.3) is 0 Å². The summed E-state index contributed by atoms with van der Waals surface area (Å²) in [6, 6.07) is 16.5. The van der Waals surface area contributed by atoms with E-state index in [0.717, 1.165) is 18.7 Å². The summed E-state index contributed by atoms with van der Waals surface area (Å²) in [5, 5.41) is 2.45. The van der Waals surface area contributed by atoms with Crippen LogP contribution < -0.4 is 5.32 Å². The minimum atomic E-state index is -0.472. The Morgan fingerprint density at radius 3 is 2.33 bits per heavy atom. The molecule has 2 rings (SSSR count). The Hall–Kier alpha value is -2.18. The summed E-state index contributed by atoms with van der Waals surface area (Å²) in [7, 11) is 0. The van der Waals surface area contributed by atoms with E-state index in [2.05, 4.69) is 10.2 Å². The zero-order chi connectivity index (χ0) is 19.8. The maximum absolute atomic E-state index is 13.0. The van der Waals surface area contributed by atoms with E-state index in [0.29, 0.717) is 15.6 Å². The number of Topliss-reactive ketones (excluding diaryl/α,β-unsaturated/α-hetero) is 1. The van der Waals surface area contributed by atoms with Crippen LogP contribution in [0.15, 0.2) is 54.6 Å². The van der Waals surface area contributed by atoms with E-state index >= 15 is 0 Å². The van der Waals surface area contributed by atoms with Gasteiger partial charge in [0.05, 0.1) is 0 Å². The molecule has 0 saturated heterocycles. The summed E-state index contributed by atoms with van der Waals surface area (Å²) >= 11 is 6.92. The summed E-state index contributed by atoms with van der Waals surface area (Å²) in [5.41, 5.74) is 2.05. The first-order valence-corrected chi connectivity index (χ1v) is 10.2. The predicted octanol–water partition coefficient (Wildman–Crippen LogP) is 4.93. The van der Waals surface area contributed by atoms with Crippen molar-refractivity contribution in [3.05, 3.63) is 65.7 Å². The number of nitrogens with zero attached hydrogens (tertiary/aromatic N) is 1. The van der Waals surface area contributed by atoms with E-state index in [1.807, 2.05) is 44.2 Å². The normalized spacial score (nSPS) is 11.5. The molecular formula is C21H24N2O2S2. The Morgan fingerprint density at radius 1 is 1.07 bits per heavy atom. The molecule has 0 fully saturated rings. The standard InChI is InChI=1S/C21H24N2O2S2/c1-4-23(5-2)21(26)27-19(16-10-7-6-8-11-16)20(25)22-18-13-9-12-17(14-18)15(3)24/h6-14,19H,4-5H2,1-3H3,(H,22,25)/t19-/m0/s1. The molecule has 0 radical (unpaired) electrons. The summed E-state index contributed by atoms with van der Waals surface area (Å²) in [5.74, 6) is -0.204. The summed E-state index contributed by atoms with van der Waals surface area (Å²) in [4.78, 5) is 26.7. The molecule has 27 heavy (non-hydrogen) atoms. The maximum atomic E-state index is 13.0. The van der Waals surface area contributed by atoms with Crippen molar-refractivity contribution in [3.63, 3.8) is 0 Å². The van der Waals surface area contributed by atoms with Crippen molar-refractivity contribution < 1.29 is 9.59 Å². The Labute approximate surface area is 170 Å². The van der Waals surface area contributed by atoms with Crippen molar-refractivity contribution in [1.82, 2.24) is 4.90 Å². The summed E-state index contributed by atoms with van der Waals surface area (Å²) in [6.45, 7) is 7.19. The lowest BCUT2D eigenvalue weighted by atomic mass is 10.1. The highest BCUT2D eigenvalue weighted by Crippen LogP contribution is 2.32. The topological polar surface area (TPSA) is 49.4 Å². The fourth-order valence-corrected chi connectivity index (χ4v) is 4.20. The van der Waals surface area contributed by atoms with Crippen LogP contribution in [0.5, 0.6) is 0 Å². The van der Waals surface area contributed by atoms with Crippen LogP contribution in [0.25, 0.3) is 0 Å². The highest BCUT2D eigenvalue weighted by atomic mass is 32.2. The number of hydrogen-bond donors (Lipinski definition) is 1. The SMILES string of the molecule is CCN(CC)C(=S)S[C@H](C(=O)Nc1cccc(C(C)=O)c1)c1ccccc1. The lowest BCUT2D eigenvalue weighted by Gasteiger charge is -2.24. The van der Waals surface area contributed by atoms with E-state index in [1.54, 1.807) is 24.3 Å². The minimum Gasteiger partial charge on any atom is -0.358 e. The first-order chi connectivity index (χ1) is 13.0. The smallest absolute Gasteiger partial charge is 0.242 e. The van der Waals surface area contributed by atoms with Crippen molar-refractivity contribution in [1.29, 1.82) is 0 Å². The maximum Gasteiger partial charge on any atom is 0.242 e. The van der Waals surface area contributed by atoms with Gasteiger partial charge in [0.2, 0.25) is 5.91 Å². The second-order valence-electron chi connectivity index (χ2n) is 5.97. The number of thioether (sulfide) groups is 1. The van der Waals surface area contributed by atoms with Crippen molar-refractivity contribution in [2.24, 2.45) is 0 Å². The second-order valence-corrected chi connectivity index (χ2v) is 7.71. The van der Waals surface area contributed by atoms with Crippen LogP contribution >= 0.6 is 24.0 Å². The highest BCUT2D eigenvalue weighted by molar-refractivity contribution is 8.23. The van der Waals surface area contributed by atoms with Gasteiger partial charge >= 0.3 is 0 Å². The first-order valence-electron chi connectivity index (χ1n) is 8.88. The molecule has 0 spiro atoms. The Bertz CT molecular complexity index is 805. The number of rotatable bonds is 7. The third-order valence-electron chi connectivity index (χ3n) is 4.12. The van der Waals surface area contributed by atoms with Gasteiger partial charge in [-0.3, -0.25) is 9.59 Å². The van der Waals surface area contributed by atoms with Crippen LogP contribution in [-0.2, 0) is 4.79 Å². The molecule has 1 amide bonds. The van der Waals surface area contributed by atoms with Crippen LogP contribution in [0.1, 0.15) is 41.9 Å². The monoisotopic (exact) mass is 400 g/mol. The highest BCUT2D eigenvalue weighted by Gasteiger charge is 2.25. The fourth-order valence-electron chi connectivity index (χ4n) is 2.58. The average Bonchev–Trinajstić information content (AvgIpc) is 2.67. The van der Waals surface area contributed by atoms with Crippen molar-refractivity contribution in [2.75, 3.05) is 18.4 Å². The largest absolute Gasteiger partial charge is 0.358 e. The van der Waals surface area contributed by atoms with Gasteiger partial charge in [0.15, 0.2) is 5.78 Å². The molecule has 1 atom stereocenters. The zero-order valence-electron chi connectivity index (χ0n) is 15.8. The second kappa shape index (κ2) is 10.2. The Morgan fingerprint density at radius 2 is 1.74 bits per heavy atom. The van der Waals surface area contributed by atoms with Crippen LogP contribution in [0, 0.1) is 0 Å². The van der Waals surface area contributed by atoms with Gasteiger partial charge in [-0.05, 0) is 38.5 Å². The number of hydrogen-bond acceptors (Lipinski definition) is 4. The number of carbonyl (C=O) groups is 2. The van der Waals surface area contributed by atoms with Crippen molar-refractivity contribution >= 4 is 45.7 Å². The van der Waals surface area contributed by atoms with Gasteiger partial charge in [-0.2, -0.15) is 0 Å². The lowest BCUT2D eigenvalue weighted by Crippen LogP contribution is -2.29. The van der Waals surface area contributed by atoms with E-state index < -0.39 is 5.25 Å². The molecule has 6 heteroatoms. The molecule has 0 aromatic heterocycles. The van der Waals surface area contributed by atoms with Gasteiger partial charge in [-0.25, -0.2) is 0 Å². The predicted molar refractivity (Wildman–Crippen MR) is 117 cm³/mol. The average molecular weight is 401 g/mol. The minimum absolute atomic E-state index is 0.0391. The van der Waals surface area contributed by atoms with Gasteiger partial charge < -0.3 is 10.2 Å². The molecule has 1 N–H and O–H groups in total. The molecule has 2 aromatic carbocycles. The fraction of sp³-hybridized carbons (Fsp3) is 0.286. The van der Waals surface area contributed by atoms with Crippen LogP contribution in [0.3, 0.4) is 0 Å². The molecule has 0 aliphatic carbocycles. The van der Waals surface area contributed by atoms with Crippen LogP contribution in [0.4, 0.5) is 5.69 Å². The molecule has 0 aliphatic rings. The number of amides is 1. The molecule has 4 nitrogen and oxygen atoms in total. The lowest BCUT2D eigenvalue weighted by molar-refractivity contribution is -0.115. The van der Waals surface area contributed by atoms with E-state index in [4.69, 9.17) is 12.2 Å². The molecule has 0 heterocycles. The van der Waals surface area contributed by atoms with Crippen molar-refractivity contribution in [3.8, 4) is 0 Å². The first kappa shape index (κ1) is 21.1. The van der Waals surface area contributed by atoms with E-state index in [-0.39, 0.29) is 11.7 Å². The summed E-state index contributed by atoms with van der Waals surface area (Å²) in [6.07, 6.45) is 0. The zero-order valence-corrected chi connectivity index (χ0v) is 17.4.